The van der Waals surface area contributed by atoms with Gasteiger partial charge in [0.15, 0.2) is 0 Å². The van der Waals surface area contributed by atoms with E-state index in [0.717, 1.165) is 26.9 Å². The molecule has 4 aromatic rings. The van der Waals surface area contributed by atoms with E-state index in [1.165, 1.54) is 25.5 Å². The number of hydrogen-bond acceptors (Lipinski definition) is 5. The number of sulfonamides is 1. The Labute approximate surface area is 227 Å². The Balaban J connectivity index is 1.56. The van der Waals surface area contributed by atoms with Crippen LogP contribution in [0.3, 0.4) is 0 Å². The highest BCUT2D eigenvalue weighted by molar-refractivity contribution is 7.92. The Bertz CT molecular complexity index is 1580. The lowest BCUT2D eigenvalue weighted by Crippen LogP contribution is -2.39. The molecule has 0 bridgehead atoms. The molecule has 0 unspecified atom stereocenters. The number of anilines is 1. The van der Waals surface area contributed by atoms with Crippen LogP contribution >= 0.6 is 11.6 Å². The largest absolute Gasteiger partial charge is 0.497 e. The van der Waals surface area contributed by atoms with Gasteiger partial charge in [0, 0.05) is 33.7 Å². The molecule has 0 aliphatic carbocycles. The molecule has 10 heteroatoms. The van der Waals surface area contributed by atoms with E-state index in [4.69, 9.17) is 16.3 Å². The predicted molar refractivity (Wildman–Crippen MR) is 150 cm³/mol. The summed E-state index contributed by atoms with van der Waals surface area (Å²) in [5, 5.41) is 4.72. The molecule has 0 aliphatic rings. The molecule has 196 valence electrons. The molecule has 3 aromatic carbocycles. The Morgan fingerprint density at radius 3 is 2.47 bits per heavy atom. The van der Waals surface area contributed by atoms with Gasteiger partial charge in [0.25, 0.3) is 15.9 Å². The number of amides is 1. The van der Waals surface area contributed by atoms with Crippen LogP contribution in [0.2, 0.25) is 5.02 Å². The van der Waals surface area contributed by atoms with Crippen LogP contribution in [-0.2, 0) is 14.8 Å². The van der Waals surface area contributed by atoms with Gasteiger partial charge in [-0.3, -0.25) is 9.10 Å². The highest BCUT2D eigenvalue weighted by Crippen LogP contribution is 2.27. The van der Waals surface area contributed by atoms with Crippen LogP contribution in [0.25, 0.3) is 5.69 Å². The van der Waals surface area contributed by atoms with Crippen molar-refractivity contribution in [1.82, 2.24) is 9.99 Å². The van der Waals surface area contributed by atoms with Crippen LogP contribution in [0.1, 0.15) is 17.0 Å². The summed E-state index contributed by atoms with van der Waals surface area (Å²) in [7, 11) is -2.56. The summed E-state index contributed by atoms with van der Waals surface area (Å²) >= 11 is 6.16. The number of carbonyl (C=O) groups is 1. The van der Waals surface area contributed by atoms with Crippen molar-refractivity contribution in [3.8, 4) is 11.4 Å². The van der Waals surface area contributed by atoms with Crippen LogP contribution in [0.5, 0.6) is 5.75 Å². The Morgan fingerprint density at radius 2 is 1.76 bits per heavy atom. The van der Waals surface area contributed by atoms with Gasteiger partial charge in [-0.05, 0) is 62.4 Å². The molecule has 38 heavy (non-hydrogen) atoms. The molecular weight excluding hydrogens is 524 g/mol. The molecule has 1 amide bonds. The third kappa shape index (κ3) is 5.90. The molecule has 0 saturated heterocycles. The third-order valence-electron chi connectivity index (χ3n) is 5.89. The molecular formula is C28H27ClN4O4S. The molecule has 8 nitrogen and oxygen atoms in total. The number of nitrogens with zero attached hydrogens (tertiary/aromatic N) is 3. The average Bonchev–Trinajstić information content (AvgIpc) is 3.20. The number of rotatable bonds is 9. The van der Waals surface area contributed by atoms with Crippen LogP contribution in [0.15, 0.2) is 94.9 Å². The standard InChI is InChI=1S/C28H27ClN4O4S/c1-20-15-22(21(2)33(20)25-11-7-9-23(29)16-25)18-30-31-28(34)19-32(24-10-8-12-26(17-24)37-3)38(35,36)27-13-5-4-6-14-27/h4-18H,19H2,1-3H3,(H,31,34)/b30-18-. The summed E-state index contributed by atoms with van der Waals surface area (Å²) < 4.78 is 35.2. The van der Waals surface area contributed by atoms with E-state index in [2.05, 4.69) is 10.5 Å². The number of carbonyl (C=O) groups excluding carboxylic acids is 1. The molecule has 0 spiro atoms. The number of hydrogen-bond donors (Lipinski definition) is 1. The fourth-order valence-electron chi connectivity index (χ4n) is 4.07. The number of hydrazone groups is 1. The predicted octanol–water partition coefficient (Wildman–Crippen LogP) is 5.10. The van der Waals surface area contributed by atoms with Crippen molar-refractivity contribution in [2.75, 3.05) is 18.0 Å². The van der Waals surface area contributed by atoms with Gasteiger partial charge >= 0.3 is 0 Å². The minimum absolute atomic E-state index is 0.0626. The van der Waals surface area contributed by atoms with Crippen LogP contribution in [0, 0.1) is 13.8 Å². The SMILES string of the molecule is COc1cccc(N(CC(=O)N/N=C\c2cc(C)n(-c3cccc(Cl)c3)c2C)S(=O)(=O)c2ccccc2)c1. The number of benzene rings is 3. The zero-order valence-electron chi connectivity index (χ0n) is 21.1. The summed E-state index contributed by atoms with van der Waals surface area (Å²) in [5.74, 6) is -0.142. The molecule has 1 N–H and O–H groups in total. The van der Waals surface area contributed by atoms with Crippen molar-refractivity contribution in [3.05, 3.63) is 107 Å². The first-order valence-electron chi connectivity index (χ1n) is 11.7. The lowest BCUT2D eigenvalue weighted by Gasteiger charge is -2.24. The van der Waals surface area contributed by atoms with Gasteiger partial charge in [0.2, 0.25) is 0 Å². The van der Waals surface area contributed by atoms with Gasteiger partial charge in [0.05, 0.1) is 23.9 Å². The first kappa shape index (κ1) is 27.0. The van der Waals surface area contributed by atoms with E-state index in [1.54, 1.807) is 42.5 Å². The van der Waals surface area contributed by atoms with Gasteiger partial charge in [0.1, 0.15) is 12.3 Å². The van der Waals surface area contributed by atoms with E-state index in [-0.39, 0.29) is 10.6 Å². The molecule has 1 heterocycles. The lowest BCUT2D eigenvalue weighted by molar-refractivity contribution is -0.119. The zero-order chi connectivity index (χ0) is 27.3. The van der Waals surface area contributed by atoms with Crippen molar-refractivity contribution < 1.29 is 17.9 Å². The van der Waals surface area contributed by atoms with E-state index in [0.29, 0.717) is 10.8 Å². The second-order valence-corrected chi connectivity index (χ2v) is 10.8. The quantitative estimate of drug-likeness (QED) is 0.232. The Hall–Kier alpha value is -4.08. The minimum atomic E-state index is -4.04. The first-order chi connectivity index (χ1) is 18.2. The Kier molecular flexibility index (Phi) is 8.19. The van der Waals surface area contributed by atoms with E-state index >= 15 is 0 Å². The number of halogens is 1. The molecule has 0 radical (unpaired) electrons. The van der Waals surface area contributed by atoms with E-state index in [9.17, 15) is 13.2 Å². The fraction of sp³-hybridized carbons (Fsp3) is 0.143. The van der Waals surface area contributed by atoms with Crippen LogP contribution in [0.4, 0.5) is 5.69 Å². The van der Waals surface area contributed by atoms with E-state index < -0.39 is 22.5 Å². The third-order valence-corrected chi connectivity index (χ3v) is 7.91. The van der Waals surface area contributed by atoms with Gasteiger partial charge in [-0.25, -0.2) is 13.8 Å². The second-order valence-electron chi connectivity index (χ2n) is 8.46. The Morgan fingerprint density at radius 1 is 1.03 bits per heavy atom. The van der Waals surface area contributed by atoms with E-state index in [1.807, 2.05) is 48.7 Å². The second kappa shape index (κ2) is 11.5. The minimum Gasteiger partial charge on any atom is -0.497 e. The maximum absolute atomic E-state index is 13.5. The monoisotopic (exact) mass is 550 g/mol. The summed E-state index contributed by atoms with van der Waals surface area (Å²) in [6.07, 6.45) is 1.53. The van der Waals surface area contributed by atoms with Crippen LogP contribution < -0.4 is 14.5 Å². The number of methoxy groups -OCH3 is 1. The average molecular weight is 551 g/mol. The highest BCUT2D eigenvalue weighted by Gasteiger charge is 2.27. The number of nitrogens with one attached hydrogen (secondary N) is 1. The molecule has 0 fully saturated rings. The normalized spacial score (nSPS) is 11.5. The smallest absolute Gasteiger partial charge is 0.264 e. The number of ether oxygens (including phenoxy) is 1. The van der Waals surface area contributed by atoms with Gasteiger partial charge in [-0.2, -0.15) is 5.10 Å². The zero-order valence-corrected chi connectivity index (χ0v) is 22.7. The van der Waals surface area contributed by atoms with Crippen molar-refractivity contribution in [2.24, 2.45) is 5.10 Å². The maximum atomic E-state index is 13.5. The molecule has 1 aromatic heterocycles. The molecule has 4 rings (SSSR count). The van der Waals surface area contributed by atoms with Crippen LogP contribution in [-0.4, -0.2) is 38.8 Å². The number of aryl methyl sites for hydroxylation is 1. The lowest BCUT2D eigenvalue weighted by atomic mass is 10.2. The van der Waals surface area contributed by atoms with Crippen molar-refractivity contribution in [1.29, 1.82) is 0 Å². The summed E-state index contributed by atoms with van der Waals surface area (Å²) in [6, 6.07) is 23.9. The van der Waals surface area contributed by atoms with Crippen molar-refractivity contribution >= 4 is 39.4 Å². The van der Waals surface area contributed by atoms with Crippen molar-refractivity contribution in [2.45, 2.75) is 18.7 Å². The van der Waals surface area contributed by atoms with Crippen molar-refractivity contribution in [3.63, 3.8) is 0 Å². The van der Waals surface area contributed by atoms with Gasteiger partial charge in [-0.1, -0.05) is 41.9 Å². The van der Waals surface area contributed by atoms with Gasteiger partial charge in [-0.15, -0.1) is 0 Å². The molecule has 0 aliphatic heterocycles. The fourth-order valence-corrected chi connectivity index (χ4v) is 5.69. The maximum Gasteiger partial charge on any atom is 0.264 e. The first-order valence-corrected chi connectivity index (χ1v) is 13.5. The summed E-state index contributed by atoms with van der Waals surface area (Å²) in [4.78, 5) is 12.9. The molecule has 0 saturated carbocycles. The summed E-state index contributed by atoms with van der Waals surface area (Å²) in [6.45, 7) is 3.42. The summed E-state index contributed by atoms with van der Waals surface area (Å²) in [5.41, 5.74) is 6.33. The number of aromatic nitrogens is 1. The highest BCUT2D eigenvalue weighted by atomic mass is 35.5. The van der Waals surface area contributed by atoms with Gasteiger partial charge < -0.3 is 9.30 Å². The topological polar surface area (TPSA) is 93.0 Å². The molecule has 0 atom stereocenters.